The zero-order valence-electron chi connectivity index (χ0n) is 14.4. The largest absolute Gasteiger partial charge is 0.300 e. The standard InChI is InChI=1S/C20H17ClN4O2/c21-16-12-24-25(17(16)26)20(19(10-11-19)18(27)23-13-22)8-6-15(7-9-20)14-4-2-1-3-5-14/h1-8,12,24H,9-11H2,(H,23,27). The van der Waals surface area contributed by atoms with Gasteiger partial charge in [0, 0.05) is 6.20 Å². The first-order valence-electron chi connectivity index (χ1n) is 8.65. The molecular formula is C20H17ClN4O2. The smallest absolute Gasteiger partial charge is 0.286 e. The number of hydrogen-bond acceptors (Lipinski definition) is 3. The zero-order chi connectivity index (χ0) is 19.1. The Morgan fingerprint density at radius 2 is 2.04 bits per heavy atom. The minimum absolute atomic E-state index is 0.0668. The number of H-pyrrole nitrogens is 1. The maximum absolute atomic E-state index is 12.7. The molecule has 0 spiro atoms. The highest BCUT2D eigenvalue weighted by Gasteiger charge is 2.65. The van der Waals surface area contributed by atoms with Crippen molar-refractivity contribution in [1.29, 1.82) is 5.26 Å². The SMILES string of the molecule is N#CNC(=O)C1(C2(n3[nH]cc(Cl)c3=O)C=CC(c3ccccc3)=CC2)CC1. The number of amides is 1. The van der Waals surface area contributed by atoms with Crippen LogP contribution in [0.25, 0.3) is 5.57 Å². The Labute approximate surface area is 160 Å². The van der Waals surface area contributed by atoms with E-state index in [-0.39, 0.29) is 16.5 Å². The number of rotatable bonds is 4. The normalized spacial score (nSPS) is 22.6. The van der Waals surface area contributed by atoms with Crippen LogP contribution in [0, 0.1) is 16.9 Å². The van der Waals surface area contributed by atoms with Gasteiger partial charge in [-0.1, -0.05) is 60.2 Å². The molecule has 2 N–H and O–H groups in total. The number of nitrogens with one attached hydrogen (secondary N) is 2. The van der Waals surface area contributed by atoms with Crippen LogP contribution in [0.4, 0.5) is 0 Å². The van der Waals surface area contributed by atoms with Gasteiger partial charge in [-0.2, -0.15) is 5.26 Å². The van der Waals surface area contributed by atoms with E-state index in [1.54, 1.807) is 6.19 Å². The van der Waals surface area contributed by atoms with Crippen molar-refractivity contribution in [2.45, 2.75) is 24.8 Å². The van der Waals surface area contributed by atoms with Crippen molar-refractivity contribution < 1.29 is 4.79 Å². The lowest BCUT2D eigenvalue weighted by molar-refractivity contribution is -0.128. The zero-order valence-corrected chi connectivity index (χ0v) is 15.2. The number of hydrogen-bond donors (Lipinski definition) is 2. The van der Waals surface area contributed by atoms with E-state index in [1.165, 1.54) is 10.9 Å². The molecule has 136 valence electrons. The van der Waals surface area contributed by atoms with Gasteiger partial charge in [-0.05, 0) is 30.4 Å². The fraction of sp³-hybridized carbons (Fsp3) is 0.250. The second-order valence-electron chi connectivity index (χ2n) is 6.90. The third kappa shape index (κ3) is 2.54. The number of halogens is 1. The Balaban J connectivity index is 1.81. The number of allylic oxidation sites excluding steroid dienone is 4. The number of nitrogens with zero attached hydrogens (tertiary/aromatic N) is 2. The average molecular weight is 381 g/mol. The molecule has 1 amide bonds. The highest BCUT2D eigenvalue weighted by Crippen LogP contribution is 2.60. The topological polar surface area (TPSA) is 90.7 Å². The number of aromatic nitrogens is 2. The highest BCUT2D eigenvalue weighted by atomic mass is 35.5. The summed E-state index contributed by atoms with van der Waals surface area (Å²) in [5, 5.41) is 14.2. The monoisotopic (exact) mass is 380 g/mol. The first-order chi connectivity index (χ1) is 13.0. The Hall–Kier alpha value is -3.04. The van der Waals surface area contributed by atoms with Crippen LogP contribution < -0.4 is 10.9 Å². The Morgan fingerprint density at radius 3 is 2.56 bits per heavy atom. The Bertz CT molecular complexity index is 1050. The molecule has 1 unspecified atom stereocenters. The Morgan fingerprint density at radius 1 is 1.30 bits per heavy atom. The van der Waals surface area contributed by atoms with Gasteiger partial charge in [-0.3, -0.25) is 14.9 Å². The van der Waals surface area contributed by atoms with Crippen LogP contribution in [-0.4, -0.2) is 15.7 Å². The fourth-order valence-corrected chi connectivity index (χ4v) is 4.14. The summed E-state index contributed by atoms with van der Waals surface area (Å²) in [4.78, 5) is 25.4. The van der Waals surface area contributed by atoms with Gasteiger partial charge in [-0.25, -0.2) is 4.68 Å². The highest BCUT2D eigenvalue weighted by molar-refractivity contribution is 6.30. The molecule has 2 aliphatic rings. The Kier molecular flexibility index (Phi) is 4.05. The summed E-state index contributed by atoms with van der Waals surface area (Å²) < 4.78 is 1.42. The van der Waals surface area contributed by atoms with Gasteiger partial charge in [0.1, 0.15) is 10.6 Å². The molecule has 0 aliphatic heterocycles. The van der Waals surface area contributed by atoms with Gasteiger partial charge in [-0.15, -0.1) is 0 Å². The molecule has 1 aromatic carbocycles. The van der Waals surface area contributed by atoms with Gasteiger partial charge >= 0.3 is 0 Å². The molecule has 1 fully saturated rings. The van der Waals surface area contributed by atoms with Crippen molar-refractivity contribution in [3.05, 3.63) is 75.7 Å². The predicted molar refractivity (Wildman–Crippen MR) is 102 cm³/mol. The molecule has 1 heterocycles. The van der Waals surface area contributed by atoms with E-state index in [0.717, 1.165) is 11.1 Å². The lowest BCUT2D eigenvalue weighted by atomic mass is 9.73. The van der Waals surface area contributed by atoms with Gasteiger partial charge in [0.05, 0.1) is 5.41 Å². The molecule has 1 saturated carbocycles. The summed E-state index contributed by atoms with van der Waals surface area (Å²) in [7, 11) is 0. The third-order valence-corrected chi connectivity index (χ3v) is 5.86. The number of nitriles is 1. The van der Waals surface area contributed by atoms with Crippen LogP contribution in [-0.2, 0) is 10.3 Å². The third-order valence-electron chi connectivity index (χ3n) is 5.59. The summed E-state index contributed by atoms with van der Waals surface area (Å²) in [5.74, 6) is -0.371. The van der Waals surface area contributed by atoms with Gasteiger partial charge in [0.2, 0.25) is 5.91 Å². The van der Waals surface area contributed by atoms with Gasteiger partial charge in [0.15, 0.2) is 6.19 Å². The molecule has 0 saturated heterocycles. The number of carbonyl (C=O) groups excluding carboxylic acids is 1. The summed E-state index contributed by atoms with van der Waals surface area (Å²) in [6, 6.07) is 9.90. The molecule has 27 heavy (non-hydrogen) atoms. The van der Waals surface area contributed by atoms with Crippen LogP contribution in [0.15, 0.2) is 59.6 Å². The molecule has 4 rings (SSSR count). The number of carbonyl (C=O) groups is 1. The van der Waals surface area contributed by atoms with Crippen LogP contribution in [0.3, 0.4) is 0 Å². The van der Waals surface area contributed by atoms with Crippen molar-refractivity contribution in [3.8, 4) is 6.19 Å². The summed E-state index contributed by atoms with van der Waals surface area (Å²) in [6.07, 6.45) is 10.6. The minimum atomic E-state index is -0.934. The lowest BCUT2D eigenvalue weighted by Crippen LogP contribution is -2.52. The van der Waals surface area contributed by atoms with Crippen molar-refractivity contribution in [3.63, 3.8) is 0 Å². The first kappa shape index (κ1) is 17.4. The maximum Gasteiger partial charge on any atom is 0.286 e. The average Bonchev–Trinajstić information content (AvgIpc) is 3.45. The quantitative estimate of drug-likeness (QED) is 0.631. The van der Waals surface area contributed by atoms with E-state index in [9.17, 15) is 9.59 Å². The van der Waals surface area contributed by atoms with Crippen molar-refractivity contribution in [2.24, 2.45) is 5.41 Å². The van der Waals surface area contributed by atoms with Crippen molar-refractivity contribution >= 4 is 23.1 Å². The molecule has 0 radical (unpaired) electrons. The fourth-order valence-electron chi connectivity index (χ4n) is 4.01. The minimum Gasteiger partial charge on any atom is -0.300 e. The molecular weight excluding hydrogens is 364 g/mol. The molecule has 1 atom stereocenters. The van der Waals surface area contributed by atoms with Crippen LogP contribution in [0.5, 0.6) is 0 Å². The van der Waals surface area contributed by atoms with Crippen molar-refractivity contribution in [2.75, 3.05) is 0 Å². The van der Waals surface area contributed by atoms with Gasteiger partial charge in [0.25, 0.3) is 5.56 Å². The van der Waals surface area contributed by atoms with Crippen LogP contribution in [0.1, 0.15) is 24.8 Å². The van der Waals surface area contributed by atoms with Crippen LogP contribution in [0.2, 0.25) is 5.02 Å². The summed E-state index contributed by atoms with van der Waals surface area (Å²) >= 11 is 5.99. The van der Waals surface area contributed by atoms with Gasteiger partial charge < -0.3 is 5.10 Å². The van der Waals surface area contributed by atoms with E-state index in [0.29, 0.717) is 19.3 Å². The first-order valence-corrected chi connectivity index (χ1v) is 9.03. The maximum atomic E-state index is 12.7. The molecule has 0 bridgehead atoms. The molecule has 6 nitrogen and oxygen atoms in total. The van der Waals surface area contributed by atoms with Crippen molar-refractivity contribution in [1.82, 2.24) is 15.1 Å². The molecule has 2 aliphatic carbocycles. The van der Waals surface area contributed by atoms with E-state index in [2.05, 4.69) is 10.4 Å². The molecule has 7 heteroatoms. The second kappa shape index (κ2) is 6.29. The van der Waals surface area contributed by atoms with E-state index < -0.39 is 11.0 Å². The molecule has 1 aromatic heterocycles. The van der Waals surface area contributed by atoms with E-state index in [4.69, 9.17) is 16.9 Å². The van der Waals surface area contributed by atoms with E-state index >= 15 is 0 Å². The number of benzene rings is 1. The summed E-state index contributed by atoms with van der Waals surface area (Å²) in [5.41, 5.74) is -0.0975. The molecule has 2 aromatic rings. The lowest BCUT2D eigenvalue weighted by Gasteiger charge is -2.39. The number of aromatic amines is 1. The van der Waals surface area contributed by atoms with E-state index in [1.807, 2.05) is 48.6 Å². The summed E-state index contributed by atoms with van der Waals surface area (Å²) in [6.45, 7) is 0. The second-order valence-corrected chi connectivity index (χ2v) is 7.30. The van der Waals surface area contributed by atoms with Crippen LogP contribution >= 0.6 is 11.6 Å². The predicted octanol–water partition coefficient (Wildman–Crippen LogP) is 2.95.